The number of carboxylic acids is 1. The zero-order valence-corrected chi connectivity index (χ0v) is 9.77. The van der Waals surface area contributed by atoms with Crippen molar-refractivity contribution in [1.29, 1.82) is 0 Å². The van der Waals surface area contributed by atoms with Crippen LogP contribution in [0.4, 0.5) is 0 Å². The van der Waals surface area contributed by atoms with Crippen LogP contribution in [-0.2, 0) is 4.79 Å². The van der Waals surface area contributed by atoms with Crippen molar-refractivity contribution < 1.29 is 9.90 Å². The zero-order chi connectivity index (χ0) is 11.0. The molecule has 0 aromatic rings. The largest absolute Gasteiger partial charge is 0.550 e. The summed E-state index contributed by atoms with van der Waals surface area (Å²) in [5.41, 5.74) is -0.595. The molecule has 0 rings (SSSR count). The van der Waals surface area contributed by atoms with Gasteiger partial charge in [0.2, 0.25) is 0 Å². The van der Waals surface area contributed by atoms with E-state index >= 15 is 0 Å². The highest BCUT2D eigenvalue weighted by atomic mass is 16.4. The van der Waals surface area contributed by atoms with E-state index in [1.807, 2.05) is 13.8 Å². The lowest BCUT2D eigenvalue weighted by molar-refractivity contribution is -0.319. The van der Waals surface area contributed by atoms with E-state index in [0.717, 1.165) is 32.1 Å². The summed E-state index contributed by atoms with van der Waals surface area (Å²) >= 11 is 0. The molecule has 0 spiro atoms. The van der Waals surface area contributed by atoms with Crippen LogP contribution in [-0.4, -0.2) is 5.97 Å². The molecular weight excluding hydrogens is 176 g/mol. The van der Waals surface area contributed by atoms with Crippen molar-refractivity contribution >= 4 is 5.97 Å². The molecule has 0 aromatic heterocycles. The molecule has 0 aliphatic heterocycles. The lowest BCUT2D eigenvalue weighted by Gasteiger charge is -2.30. The lowest BCUT2D eigenvalue weighted by Crippen LogP contribution is -2.40. The Kier molecular flexibility index (Phi) is 6.60. The SMILES string of the molecule is CCCCCCC(C)(CCC)C(=O)[O-]. The smallest absolute Gasteiger partial charge is 0.0473 e. The van der Waals surface area contributed by atoms with Crippen LogP contribution in [0.3, 0.4) is 0 Å². The molecule has 14 heavy (non-hydrogen) atoms. The van der Waals surface area contributed by atoms with Gasteiger partial charge in [0, 0.05) is 11.4 Å². The van der Waals surface area contributed by atoms with Crippen LogP contribution in [0.15, 0.2) is 0 Å². The Bertz CT molecular complexity index is 166. The molecule has 0 N–H and O–H groups in total. The minimum absolute atomic E-state index is 0.595. The maximum atomic E-state index is 11.0. The number of rotatable bonds is 8. The Balaban J connectivity index is 3.90. The number of aliphatic carboxylic acids is 1. The van der Waals surface area contributed by atoms with Crippen molar-refractivity contribution in [2.24, 2.45) is 5.41 Å². The second-order valence-electron chi connectivity index (χ2n) is 4.41. The van der Waals surface area contributed by atoms with Gasteiger partial charge in [-0.05, 0) is 12.8 Å². The van der Waals surface area contributed by atoms with Crippen LogP contribution < -0.4 is 5.11 Å². The normalized spacial score (nSPS) is 15.1. The first-order valence-corrected chi connectivity index (χ1v) is 5.78. The number of hydrogen-bond acceptors (Lipinski definition) is 2. The Labute approximate surface area is 87.7 Å². The summed E-state index contributed by atoms with van der Waals surface area (Å²) in [5.74, 6) is -0.879. The van der Waals surface area contributed by atoms with Gasteiger partial charge in [-0.2, -0.15) is 0 Å². The van der Waals surface area contributed by atoms with Crippen molar-refractivity contribution in [3.05, 3.63) is 0 Å². The number of unbranched alkanes of at least 4 members (excludes halogenated alkanes) is 3. The molecule has 0 saturated heterocycles. The molecule has 0 aliphatic carbocycles. The van der Waals surface area contributed by atoms with Gasteiger partial charge in [0.05, 0.1) is 0 Å². The van der Waals surface area contributed by atoms with E-state index in [1.54, 1.807) is 0 Å². The summed E-state index contributed by atoms with van der Waals surface area (Å²) in [6, 6.07) is 0. The van der Waals surface area contributed by atoms with Crippen LogP contribution >= 0.6 is 0 Å². The third kappa shape index (κ3) is 4.64. The summed E-state index contributed by atoms with van der Waals surface area (Å²) in [6.07, 6.45) is 6.97. The van der Waals surface area contributed by atoms with Gasteiger partial charge in [-0.1, -0.05) is 52.9 Å². The molecule has 0 radical (unpaired) electrons. The molecule has 0 aromatic carbocycles. The average molecular weight is 199 g/mol. The molecule has 0 amide bonds. The van der Waals surface area contributed by atoms with E-state index < -0.39 is 11.4 Å². The molecule has 0 heterocycles. The third-order valence-electron chi connectivity index (χ3n) is 2.88. The van der Waals surface area contributed by atoms with E-state index in [4.69, 9.17) is 0 Å². The van der Waals surface area contributed by atoms with Crippen molar-refractivity contribution in [3.8, 4) is 0 Å². The predicted octanol–water partition coefficient (Wildman–Crippen LogP) is 2.51. The molecular formula is C12H23O2-. The van der Waals surface area contributed by atoms with E-state index in [2.05, 4.69) is 6.92 Å². The predicted molar refractivity (Wildman–Crippen MR) is 56.8 cm³/mol. The standard InChI is InChI=1S/C12H24O2/c1-4-6-7-8-10-12(3,9-5-2)11(13)14/h4-10H2,1-3H3,(H,13,14)/p-1. The first kappa shape index (κ1) is 13.5. The van der Waals surface area contributed by atoms with Gasteiger partial charge in [0.25, 0.3) is 0 Å². The van der Waals surface area contributed by atoms with Crippen molar-refractivity contribution in [2.45, 2.75) is 65.7 Å². The number of carbonyl (C=O) groups is 1. The second-order valence-corrected chi connectivity index (χ2v) is 4.41. The first-order chi connectivity index (χ1) is 6.56. The summed E-state index contributed by atoms with van der Waals surface area (Å²) in [7, 11) is 0. The summed E-state index contributed by atoms with van der Waals surface area (Å²) in [4.78, 5) is 11.0. The fourth-order valence-electron chi connectivity index (χ4n) is 1.82. The van der Waals surface area contributed by atoms with E-state index in [0.29, 0.717) is 0 Å². The first-order valence-electron chi connectivity index (χ1n) is 5.78. The Morgan fingerprint density at radius 1 is 1.07 bits per heavy atom. The fourth-order valence-corrected chi connectivity index (χ4v) is 1.82. The Hall–Kier alpha value is -0.530. The van der Waals surface area contributed by atoms with Gasteiger partial charge in [0.1, 0.15) is 0 Å². The number of carboxylic acid groups (broad SMARTS) is 1. The van der Waals surface area contributed by atoms with Crippen LogP contribution in [0.2, 0.25) is 0 Å². The van der Waals surface area contributed by atoms with Crippen molar-refractivity contribution in [3.63, 3.8) is 0 Å². The molecule has 1 unspecified atom stereocenters. The quantitative estimate of drug-likeness (QED) is 0.563. The monoisotopic (exact) mass is 199 g/mol. The summed E-state index contributed by atoms with van der Waals surface area (Å²) in [6.45, 7) is 6.00. The van der Waals surface area contributed by atoms with Gasteiger partial charge in [-0.25, -0.2) is 0 Å². The molecule has 0 aliphatic rings. The molecule has 1 atom stereocenters. The van der Waals surface area contributed by atoms with Crippen LogP contribution in [0.25, 0.3) is 0 Å². The van der Waals surface area contributed by atoms with Crippen LogP contribution in [0.1, 0.15) is 65.7 Å². The number of carbonyl (C=O) groups excluding carboxylic acids is 1. The fraction of sp³-hybridized carbons (Fsp3) is 0.917. The molecule has 0 bridgehead atoms. The molecule has 2 heteroatoms. The Morgan fingerprint density at radius 2 is 1.71 bits per heavy atom. The van der Waals surface area contributed by atoms with Crippen LogP contribution in [0, 0.1) is 5.41 Å². The maximum absolute atomic E-state index is 11.0. The lowest BCUT2D eigenvalue weighted by atomic mass is 9.80. The van der Waals surface area contributed by atoms with E-state index in [9.17, 15) is 9.90 Å². The van der Waals surface area contributed by atoms with Crippen LogP contribution in [0.5, 0.6) is 0 Å². The highest BCUT2D eigenvalue weighted by Crippen LogP contribution is 2.29. The minimum Gasteiger partial charge on any atom is -0.550 e. The van der Waals surface area contributed by atoms with Gasteiger partial charge in [-0.3, -0.25) is 0 Å². The summed E-state index contributed by atoms with van der Waals surface area (Å²) in [5, 5.41) is 11.0. The third-order valence-corrected chi connectivity index (χ3v) is 2.88. The Morgan fingerprint density at radius 3 is 2.14 bits per heavy atom. The highest BCUT2D eigenvalue weighted by Gasteiger charge is 2.23. The second kappa shape index (κ2) is 6.86. The molecule has 0 fully saturated rings. The molecule has 0 saturated carbocycles. The van der Waals surface area contributed by atoms with Crippen molar-refractivity contribution in [1.82, 2.24) is 0 Å². The summed E-state index contributed by atoms with van der Waals surface area (Å²) < 4.78 is 0. The van der Waals surface area contributed by atoms with Crippen molar-refractivity contribution in [2.75, 3.05) is 0 Å². The molecule has 2 nitrogen and oxygen atoms in total. The maximum Gasteiger partial charge on any atom is 0.0473 e. The van der Waals surface area contributed by atoms with Gasteiger partial charge in [-0.15, -0.1) is 0 Å². The van der Waals surface area contributed by atoms with E-state index in [1.165, 1.54) is 12.8 Å². The van der Waals surface area contributed by atoms with E-state index in [-0.39, 0.29) is 0 Å². The highest BCUT2D eigenvalue weighted by molar-refractivity contribution is 5.71. The minimum atomic E-state index is -0.879. The topological polar surface area (TPSA) is 40.1 Å². The van der Waals surface area contributed by atoms with Gasteiger partial charge >= 0.3 is 0 Å². The average Bonchev–Trinajstić information content (AvgIpc) is 2.13. The number of hydrogen-bond donors (Lipinski definition) is 0. The molecule has 84 valence electrons. The zero-order valence-electron chi connectivity index (χ0n) is 9.77. The van der Waals surface area contributed by atoms with Gasteiger partial charge < -0.3 is 9.90 Å². The van der Waals surface area contributed by atoms with Gasteiger partial charge in [0.15, 0.2) is 0 Å².